The van der Waals surface area contributed by atoms with Gasteiger partial charge >= 0.3 is 0 Å². The number of carbonyl (C=O) groups is 2. The highest BCUT2D eigenvalue weighted by Gasteiger charge is 2.17. The van der Waals surface area contributed by atoms with E-state index in [1.165, 1.54) is 12.1 Å². The van der Waals surface area contributed by atoms with E-state index in [0.717, 1.165) is 0 Å². The predicted molar refractivity (Wildman–Crippen MR) is 116 cm³/mol. The van der Waals surface area contributed by atoms with Crippen LogP contribution in [0.4, 0.5) is 5.69 Å². The second-order valence-corrected chi connectivity index (χ2v) is 7.21. The first-order valence-corrected chi connectivity index (χ1v) is 9.62. The van der Waals surface area contributed by atoms with Gasteiger partial charge in [0.15, 0.2) is 0 Å². The van der Waals surface area contributed by atoms with Crippen molar-refractivity contribution in [2.75, 3.05) is 5.32 Å². The SMILES string of the molecule is Cc1cc(C(=O)Nc2ccc(Oc3ccccc3)cc2C(=O)NC(C)C)ccc1O. The van der Waals surface area contributed by atoms with Crippen LogP contribution in [0.25, 0.3) is 0 Å². The molecule has 3 rings (SSSR count). The molecule has 3 aromatic carbocycles. The molecule has 0 radical (unpaired) electrons. The van der Waals surface area contributed by atoms with Crippen molar-refractivity contribution in [2.24, 2.45) is 0 Å². The van der Waals surface area contributed by atoms with Crippen LogP contribution in [0, 0.1) is 6.92 Å². The first kappa shape index (κ1) is 20.9. The summed E-state index contributed by atoms with van der Waals surface area (Å²) in [4.78, 5) is 25.4. The number of hydrogen-bond donors (Lipinski definition) is 3. The Morgan fingerprint density at radius 2 is 1.63 bits per heavy atom. The molecule has 0 saturated carbocycles. The number of nitrogens with one attached hydrogen (secondary N) is 2. The third-order valence-corrected chi connectivity index (χ3v) is 4.34. The Labute approximate surface area is 175 Å². The number of aryl methyl sites for hydroxylation is 1. The Balaban J connectivity index is 1.90. The monoisotopic (exact) mass is 404 g/mol. The van der Waals surface area contributed by atoms with Crippen LogP contribution >= 0.6 is 0 Å². The van der Waals surface area contributed by atoms with Crippen molar-refractivity contribution in [3.63, 3.8) is 0 Å². The van der Waals surface area contributed by atoms with Gasteiger partial charge in [0.2, 0.25) is 0 Å². The second kappa shape index (κ2) is 9.13. The summed E-state index contributed by atoms with van der Waals surface area (Å²) >= 11 is 0. The summed E-state index contributed by atoms with van der Waals surface area (Å²) in [5.41, 5.74) is 1.63. The highest BCUT2D eigenvalue weighted by atomic mass is 16.5. The number of amides is 2. The number of hydrogen-bond acceptors (Lipinski definition) is 4. The molecule has 0 bridgehead atoms. The average molecular weight is 404 g/mol. The first-order valence-electron chi connectivity index (χ1n) is 9.62. The Morgan fingerprint density at radius 3 is 2.30 bits per heavy atom. The van der Waals surface area contributed by atoms with Crippen molar-refractivity contribution in [1.29, 1.82) is 0 Å². The van der Waals surface area contributed by atoms with Crippen LogP contribution in [0.2, 0.25) is 0 Å². The third-order valence-electron chi connectivity index (χ3n) is 4.34. The molecule has 0 aliphatic heterocycles. The molecule has 3 N–H and O–H groups in total. The van der Waals surface area contributed by atoms with E-state index in [2.05, 4.69) is 10.6 Å². The van der Waals surface area contributed by atoms with E-state index in [1.54, 1.807) is 31.2 Å². The quantitative estimate of drug-likeness (QED) is 0.546. The van der Waals surface area contributed by atoms with E-state index < -0.39 is 0 Å². The van der Waals surface area contributed by atoms with E-state index in [4.69, 9.17) is 4.74 Å². The highest BCUT2D eigenvalue weighted by Crippen LogP contribution is 2.27. The van der Waals surface area contributed by atoms with E-state index in [1.807, 2.05) is 44.2 Å². The minimum atomic E-state index is -0.381. The Hall–Kier alpha value is -3.80. The van der Waals surface area contributed by atoms with Gasteiger partial charge in [-0.2, -0.15) is 0 Å². The summed E-state index contributed by atoms with van der Waals surface area (Å²) in [6, 6.07) is 18.7. The molecule has 154 valence electrons. The lowest BCUT2D eigenvalue weighted by Gasteiger charge is -2.15. The largest absolute Gasteiger partial charge is 0.508 e. The van der Waals surface area contributed by atoms with E-state index in [9.17, 15) is 14.7 Å². The highest BCUT2D eigenvalue weighted by molar-refractivity contribution is 6.09. The van der Waals surface area contributed by atoms with Gasteiger partial charge in [-0.1, -0.05) is 18.2 Å². The maximum atomic E-state index is 12.7. The average Bonchev–Trinajstić information content (AvgIpc) is 2.71. The molecule has 0 fully saturated rings. The fraction of sp³-hybridized carbons (Fsp3) is 0.167. The van der Waals surface area contributed by atoms with Gasteiger partial charge in [0.25, 0.3) is 11.8 Å². The molecule has 3 aromatic rings. The molecule has 0 aliphatic carbocycles. The molecular weight excluding hydrogens is 380 g/mol. The van der Waals surface area contributed by atoms with Crippen molar-refractivity contribution in [3.8, 4) is 17.2 Å². The van der Waals surface area contributed by atoms with Crippen molar-refractivity contribution in [1.82, 2.24) is 5.32 Å². The van der Waals surface area contributed by atoms with Crippen LogP contribution in [0.3, 0.4) is 0 Å². The van der Waals surface area contributed by atoms with Gasteiger partial charge in [-0.15, -0.1) is 0 Å². The maximum absolute atomic E-state index is 12.7. The van der Waals surface area contributed by atoms with Gasteiger partial charge in [-0.05, 0) is 74.9 Å². The molecule has 0 heterocycles. The van der Waals surface area contributed by atoms with Gasteiger partial charge in [0.1, 0.15) is 17.2 Å². The Kier molecular flexibility index (Phi) is 6.37. The van der Waals surface area contributed by atoms with Crippen molar-refractivity contribution in [3.05, 3.63) is 83.4 Å². The van der Waals surface area contributed by atoms with Crippen LogP contribution < -0.4 is 15.4 Å². The molecule has 0 aromatic heterocycles. The van der Waals surface area contributed by atoms with E-state index >= 15 is 0 Å². The van der Waals surface area contributed by atoms with Crippen molar-refractivity contribution < 1.29 is 19.4 Å². The number of phenols is 1. The fourth-order valence-corrected chi connectivity index (χ4v) is 2.84. The normalized spacial score (nSPS) is 10.5. The van der Waals surface area contributed by atoms with Crippen LogP contribution in [0.1, 0.15) is 40.1 Å². The van der Waals surface area contributed by atoms with E-state index in [-0.39, 0.29) is 23.6 Å². The fourth-order valence-electron chi connectivity index (χ4n) is 2.84. The molecule has 30 heavy (non-hydrogen) atoms. The number of carbonyl (C=O) groups excluding carboxylic acids is 2. The third kappa shape index (κ3) is 5.17. The number of anilines is 1. The van der Waals surface area contributed by atoms with E-state index in [0.29, 0.717) is 33.9 Å². The molecule has 0 saturated heterocycles. The minimum absolute atomic E-state index is 0.0699. The van der Waals surface area contributed by atoms with Gasteiger partial charge in [0.05, 0.1) is 11.3 Å². The van der Waals surface area contributed by atoms with Crippen LogP contribution in [-0.4, -0.2) is 23.0 Å². The zero-order valence-electron chi connectivity index (χ0n) is 17.1. The molecule has 0 spiro atoms. The lowest BCUT2D eigenvalue weighted by Crippen LogP contribution is -2.31. The summed E-state index contributed by atoms with van der Waals surface area (Å²) in [6.07, 6.45) is 0. The molecule has 2 amide bonds. The van der Waals surface area contributed by atoms with Crippen molar-refractivity contribution >= 4 is 17.5 Å². The number of aromatic hydroxyl groups is 1. The van der Waals surface area contributed by atoms with Gasteiger partial charge in [0, 0.05) is 11.6 Å². The summed E-state index contributed by atoms with van der Waals surface area (Å²) < 4.78 is 5.83. The molecule has 6 heteroatoms. The molecule has 6 nitrogen and oxygen atoms in total. The first-order chi connectivity index (χ1) is 14.3. The van der Waals surface area contributed by atoms with Crippen molar-refractivity contribution in [2.45, 2.75) is 26.8 Å². The molecule has 0 atom stereocenters. The van der Waals surface area contributed by atoms with Crippen LogP contribution in [-0.2, 0) is 0 Å². The Morgan fingerprint density at radius 1 is 0.900 bits per heavy atom. The second-order valence-electron chi connectivity index (χ2n) is 7.21. The lowest BCUT2D eigenvalue weighted by molar-refractivity contribution is 0.0943. The zero-order chi connectivity index (χ0) is 21.7. The number of phenolic OH excluding ortho intramolecular Hbond substituents is 1. The standard InChI is InChI=1S/C24H24N2O4/c1-15(2)25-24(29)20-14-19(30-18-7-5-4-6-8-18)10-11-21(20)26-23(28)17-9-12-22(27)16(3)13-17/h4-15,27H,1-3H3,(H,25,29)(H,26,28). The van der Waals surface area contributed by atoms with Gasteiger partial charge in [-0.25, -0.2) is 0 Å². The lowest BCUT2D eigenvalue weighted by atomic mass is 10.1. The van der Waals surface area contributed by atoms with Gasteiger partial charge in [-0.3, -0.25) is 9.59 Å². The Bertz CT molecular complexity index is 1060. The summed E-state index contributed by atoms with van der Waals surface area (Å²) in [5, 5.41) is 15.3. The maximum Gasteiger partial charge on any atom is 0.255 e. The molecular formula is C24H24N2O4. The van der Waals surface area contributed by atoms with Gasteiger partial charge < -0.3 is 20.5 Å². The number of para-hydroxylation sites is 1. The van der Waals surface area contributed by atoms with Crippen LogP contribution in [0.5, 0.6) is 17.2 Å². The summed E-state index contributed by atoms with van der Waals surface area (Å²) in [5.74, 6) is 0.540. The topological polar surface area (TPSA) is 87.7 Å². The number of rotatable bonds is 6. The number of benzene rings is 3. The molecule has 0 aliphatic rings. The summed E-state index contributed by atoms with van der Waals surface area (Å²) in [6.45, 7) is 5.43. The van der Waals surface area contributed by atoms with Crippen LogP contribution in [0.15, 0.2) is 66.7 Å². The predicted octanol–water partition coefficient (Wildman–Crippen LogP) is 4.88. The smallest absolute Gasteiger partial charge is 0.255 e. The minimum Gasteiger partial charge on any atom is -0.508 e. The summed E-state index contributed by atoms with van der Waals surface area (Å²) in [7, 11) is 0. The number of ether oxygens (including phenoxy) is 1. The molecule has 0 unspecified atom stereocenters. The zero-order valence-corrected chi connectivity index (χ0v) is 17.1.